The molecule has 0 spiro atoms. The lowest BCUT2D eigenvalue weighted by atomic mass is 10.2. The molecule has 3 heteroatoms. The van der Waals surface area contributed by atoms with Crippen molar-refractivity contribution in [1.29, 1.82) is 0 Å². The molecule has 0 atom stereocenters. The van der Waals surface area contributed by atoms with Gasteiger partial charge in [-0.25, -0.2) is 0 Å². The van der Waals surface area contributed by atoms with Gasteiger partial charge in [-0.15, -0.1) is 17.3 Å². The topological polar surface area (TPSA) is 26.3 Å². The minimum Gasteiger partial charge on any atom is -0.496 e. The summed E-state index contributed by atoms with van der Waals surface area (Å²) < 4.78 is 4.97. The summed E-state index contributed by atoms with van der Waals surface area (Å²) in [6, 6.07) is 1.74. The van der Waals surface area contributed by atoms with Crippen LogP contribution in [0.4, 0.5) is 0 Å². The molecule has 0 radical (unpaired) electrons. The molecule has 0 bridgehead atoms. The van der Waals surface area contributed by atoms with E-state index in [1.54, 1.807) is 20.1 Å². The Bertz CT molecular complexity index is 354. The van der Waals surface area contributed by atoms with Gasteiger partial charge < -0.3 is 4.74 Å². The Kier molecular flexibility index (Phi) is 3.53. The Morgan fingerprint density at radius 2 is 2.46 bits per heavy atom. The van der Waals surface area contributed by atoms with Crippen LogP contribution in [0.15, 0.2) is 11.4 Å². The van der Waals surface area contributed by atoms with Gasteiger partial charge in [0.1, 0.15) is 5.75 Å². The van der Waals surface area contributed by atoms with E-state index in [4.69, 9.17) is 4.74 Å². The Morgan fingerprint density at radius 1 is 1.69 bits per heavy atom. The molecule has 0 saturated carbocycles. The molecular formula is C10H10O2S. The van der Waals surface area contributed by atoms with Crippen LogP contribution in [0.25, 0.3) is 0 Å². The first kappa shape index (κ1) is 9.82. The van der Waals surface area contributed by atoms with Crippen LogP contribution in [0.5, 0.6) is 5.75 Å². The monoisotopic (exact) mass is 194 g/mol. The molecule has 0 aromatic carbocycles. The van der Waals surface area contributed by atoms with Crippen molar-refractivity contribution in [2.45, 2.75) is 13.3 Å². The van der Waals surface area contributed by atoms with Gasteiger partial charge in [0.05, 0.1) is 18.4 Å². The first-order chi connectivity index (χ1) is 6.27. The molecule has 13 heavy (non-hydrogen) atoms. The lowest BCUT2D eigenvalue weighted by Gasteiger charge is -1.90. The molecule has 0 saturated heterocycles. The van der Waals surface area contributed by atoms with Gasteiger partial charge in [0.15, 0.2) is 5.78 Å². The van der Waals surface area contributed by atoms with E-state index in [0.29, 0.717) is 11.3 Å². The highest BCUT2D eigenvalue weighted by Gasteiger charge is 2.07. The second-order valence-corrected chi connectivity index (χ2v) is 3.29. The predicted molar refractivity (Wildman–Crippen MR) is 53.3 cm³/mol. The molecule has 0 fully saturated rings. The lowest BCUT2D eigenvalue weighted by molar-refractivity contribution is 0.100. The van der Waals surface area contributed by atoms with E-state index < -0.39 is 0 Å². The summed E-state index contributed by atoms with van der Waals surface area (Å²) in [5.74, 6) is 6.22. The quantitative estimate of drug-likeness (QED) is 0.545. The summed E-state index contributed by atoms with van der Waals surface area (Å²) >= 11 is 1.39. The lowest BCUT2D eigenvalue weighted by Crippen LogP contribution is -1.92. The third kappa shape index (κ3) is 2.60. The Hall–Kier alpha value is -1.27. The normalized spacial score (nSPS) is 8.77. The van der Waals surface area contributed by atoms with Crippen LogP contribution in [0, 0.1) is 11.8 Å². The Balaban J connectivity index is 2.69. The molecule has 0 unspecified atom stereocenters. The smallest absolute Gasteiger partial charge is 0.184 e. The third-order valence-corrected chi connectivity index (χ3v) is 2.46. The number of thiophene rings is 1. The van der Waals surface area contributed by atoms with Crippen molar-refractivity contribution in [3.63, 3.8) is 0 Å². The number of ketones is 1. The number of carbonyl (C=O) groups excluding carboxylic acids is 1. The van der Waals surface area contributed by atoms with Gasteiger partial charge in [0.25, 0.3) is 0 Å². The SMILES string of the molecule is CC#CCC(=O)c1cc(OC)cs1. The van der Waals surface area contributed by atoms with Gasteiger partial charge in [0, 0.05) is 11.4 Å². The average Bonchev–Trinajstić information content (AvgIpc) is 2.62. The zero-order chi connectivity index (χ0) is 9.68. The highest BCUT2D eigenvalue weighted by Crippen LogP contribution is 2.21. The summed E-state index contributed by atoms with van der Waals surface area (Å²) in [4.78, 5) is 12.1. The summed E-state index contributed by atoms with van der Waals surface area (Å²) in [6.07, 6.45) is 0.292. The Labute approximate surface area is 81.5 Å². The van der Waals surface area contributed by atoms with Crippen LogP contribution in [0.2, 0.25) is 0 Å². The van der Waals surface area contributed by atoms with E-state index in [0.717, 1.165) is 5.75 Å². The largest absolute Gasteiger partial charge is 0.496 e. The highest BCUT2D eigenvalue weighted by molar-refractivity contribution is 7.12. The van der Waals surface area contributed by atoms with Gasteiger partial charge in [-0.2, -0.15) is 0 Å². The number of carbonyl (C=O) groups is 1. The number of hydrogen-bond donors (Lipinski definition) is 0. The fourth-order valence-electron chi connectivity index (χ4n) is 0.828. The van der Waals surface area contributed by atoms with Crippen molar-refractivity contribution in [3.8, 4) is 17.6 Å². The van der Waals surface area contributed by atoms with Gasteiger partial charge in [-0.05, 0) is 6.92 Å². The summed E-state index contributed by atoms with van der Waals surface area (Å²) in [5, 5.41) is 1.81. The number of hydrogen-bond acceptors (Lipinski definition) is 3. The van der Waals surface area contributed by atoms with Crippen LogP contribution in [-0.2, 0) is 0 Å². The van der Waals surface area contributed by atoms with Gasteiger partial charge >= 0.3 is 0 Å². The molecule has 1 aromatic rings. The highest BCUT2D eigenvalue weighted by atomic mass is 32.1. The van der Waals surface area contributed by atoms with Crippen molar-refractivity contribution in [1.82, 2.24) is 0 Å². The predicted octanol–water partition coefficient (Wildman–Crippen LogP) is 2.35. The van der Waals surface area contributed by atoms with Crippen LogP contribution in [0.1, 0.15) is 23.0 Å². The second-order valence-electron chi connectivity index (χ2n) is 2.38. The maximum absolute atomic E-state index is 11.4. The molecule has 0 aliphatic rings. The van der Waals surface area contributed by atoms with Crippen molar-refractivity contribution in [2.24, 2.45) is 0 Å². The van der Waals surface area contributed by atoms with Crippen molar-refractivity contribution >= 4 is 17.1 Å². The first-order valence-electron chi connectivity index (χ1n) is 3.83. The van der Waals surface area contributed by atoms with E-state index in [1.165, 1.54) is 11.3 Å². The molecule has 0 N–H and O–H groups in total. The zero-order valence-corrected chi connectivity index (χ0v) is 8.40. The van der Waals surface area contributed by atoms with E-state index in [-0.39, 0.29) is 5.78 Å². The van der Waals surface area contributed by atoms with Crippen LogP contribution in [-0.4, -0.2) is 12.9 Å². The van der Waals surface area contributed by atoms with Crippen molar-refractivity contribution < 1.29 is 9.53 Å². The van der Waals surface area contributed by atoms with Crippen LogP contribution >= 0.6 is 11.3 Å². The fourth-order valence-corrected chi connectivity index (χ4v) is 1.62. The van der Waals surface area contributed by atoms with Crippen LogP contribution in [0.3, 0.4) is 0 Å². The van der Waals surface area contributed by atoms with Crippen molar-refractivity contribution in [2.75, 3.05) is 7.11 Å². The number of rotatable bonds is 3. The third-order valence-electron chi connectivity index (χ3n) is 1.51. The number of ether oxygens (including phenoxy) is 1. The van der Waals surface area contributed by atoms with E-state index in [1.807, 2.05) is 5.38 Å². The first-order valence-corrected chi connectivity index (χ1v) is 4.71. The van der Waals surface area contributed by atoms with Gasteiger partial charge in [-0.1, -0.05) is 5.92 Å². The fraction of sp³-hybridized carbons (Fsp3) is 0.300. The second kappa shape index (κ2) is 4.68. The molecule has 68 valence electrons. The maximum atomic E-state index is 11.4. The standard InChI is InChI=1S/C10H10O2S/c1-3-4-5-9(11)10-6-8(12-2)7-13-10/h6-7H,5H2,1-2H3. The Morgan fingerprint density at radius 3 is 3.00 bits per heavy atom. The summed E-state index contributed by atoms with van der Waals surface area (Å²) in [7, 11) is 1.59. The van der Waals surface area contributed by atoms with Crippen LogP contribution < -0.4 is 4.74 Å². The minimum atomic E-state index is 0.0580. The zero-order valence-electron chi connectivity index (χ0n) is 7.59. The van der Waals surface area contributed by atoms with Gasteiger partial charge in [0.2, 0.25) is 0 Å². The van der Waals surface area contributed by atoms with E-state index in [2.05, 4.69) is 11.8 Å². The molecular weight excluding hydrogens is 184 g/mol. The summed E-state index contributed by atoms with van der Waals surface area (Å²) in [5.41, 5.74) is 0. The maximum Gasteiger partial charge on any atom is 0.184 e. The van der Waals surface area contributed by atoms with Crippen molar-refractivity contribution in [3.05, 3.63) is 16.3 Å². The van der Waals surface area contributed by atoms with E-state index >= 15 is 0 Å². The average molecular weight is 194 g/mol. The molecule has 1 aromatic heterocycles. The van der Waals surface area contributed by atoms with E-state index in [9.17, 15) is 4.79 Å². The molecule has 1 heterocycles. The number of methoxy groups -OCH3 is 1. The van der Waals surface area contributed by atoms with Gasteiger partial charge in [-0.3, -0.25) is 4.79 Å². The molecule has 1 rings (SSSR count). The molecule has 0 amide bonds. The summed E-state index contributed by atoms with van der Waals surface area (Å²) in [6.45, 7) is 1.72. The molecule has 0 aliphatic carbocycles. The molecule has 0 aliphatic heterocycles. The number of Topliss-reactive ketones (excluding diaryl/α,β-unsaturated/α-hetero) is 1. The molecule has 2 nitrogen and oxygen atoms in total. The minimum absolute atomic E-state index is 0.0580.